The van der Waals surface area contributed by atoms with E-state index in [2.05, 4.69) is 46.0 Å². The zero-order chi connectivity index (χ0) is 19.9. The fourth-order valence-corrected chi connectivity index (χ4v) is 4.17. The van der Waals surface area contributed by atoms with Gasteiger partial charge in [0.05, 0.1) is 13.2 Å². The molecule has 0 saturated carbocycles. The molecule has 0 amide bonds. The monoisotopic (exact) mass is 394 g/mol. The van der Waals surface area contributed by atoms with Crippen LogP contribution in [0.25, 0.3) is 0 Å². The Labute approximate surface area is 164 Å². The Kier molecular flexibility index (Phi) is 5.88. The molecule has 27 heavy (non-hydrogen) atoms. The first-order chi connectivity index (χ1) is 12.5. The fourth-order valence-electron chi connectivity index (χ4n) is 3.16. The highest BCUT2D eigenvalue weighted by atomic mass is 28.4. The molecule has 0 N–H and O–H groups in total. The first-order valence-corrected chi connectivity index (χ1v) is 12.7. The molecule has 2 aliphatic rings. The van der Waals surface area contributed by atoms with Gasteiger partial charge in [0.25, 0.3) is 0 Å². The van der Waals surface area contributed by atoms with Crippen molar-refractivity contribution in [2.45, 2.75) is 89.7 Å². The number of fused-ring (bicyclic) bond motifs is 1. The third-order valence-electron chi connectivity index (χ3n) is 5.79. The van der Waals surface area contributed by atoms with E-state index in [-0.39, 0.29) is 23.4 Å². The van der Waals surface area contributed by atoms with E-state index in [9.17, 15) is 0 Å². The van der Waals surface area contributed by atoms with Gasteiger partial charge in [-0.15, -0.1) is 0 Å². The van der Waals surface area contributed by atoms with Crippen LogP contribution in [0.15, 0.2) is 30.3 Å². The van der Waals surface area contributed by atoms with Crippen LogP contribution in [-0.4, -0.2) is 45.3 Å². The second-order valence-electron chi connectivity index (χ2n) is 9.48. The van der Waals surface area contributed by atoms with Crippen LogP contribution in [0.1, 0.15) is 40.2 Å². The van der Waals surface area contributed by atoms with Crippen LogP contribution >= 0.6 is 0 Å². The summed E-state index contributed by atoms with van der Waals surface area (Å²) in [5, 5.41) is 0.150. The average molecular weight is 395 g/mol. The van der Waals surface area contributed by atoms with Crippen LogP contribution in [0.3, 0.4) is 0 Å². The van der Waals surface area contributed by atoms with Gasteiger partial charge in [-0.05, 0) is 37.5 Å². The largest absolute Gasteiger partial charge is 0.414 e. The molecule has 2 heterocycles. The fraction of sp³-hybridized carbons (Fsp3) is 0.714. The van der Waals surface area contributed by atoms with Gasteiger partial charge in [0.2, 0.25) is 0 Å². The van der Waals surface area contributed by atoms with E-state index in [1.807, 2.05) is 32.0 Å². The second kappa shape index (κ2) is 7.58. The van der Waals surface area contributed by atoms with Crippen molar-refractivity contribution in [2.75, 3.05) is 6.61 Å². The first kappa shape index (κ1) is 21.0. The van der Waals surface area contributed by atoms with Crippen molar-refractivity contribution in [3.63, 3.8) is 0 Å². The van der Waals surface area contributed by atoms with Crippen molar-refractivity contribution in [3.05, 3.63) is 35.9 Å². The Morgan fingerprint density at radius 2 is 1.74 bits per heavy atom. The third-order valence-corrected chi connectivity index (χ3v) is 10.3. The minimum atomic E-state index is -1.87. The van der Waals surface area contributed by atoms with Crippen molar-refractivity contribution in [3.8, 4) is 0 Å². The molecule has 0 bridgehead atoms. The number of hydrogen-bond acceptors (Lipinski definition) is 5. The van der Waals surface area contributed by atoms with Gasteiger partial charge in [-0.3, -0.25) is 0 Å². The molecule has 1 aromatic rings. The lowest BCUT2D eigenvalue weighted by atomic mass is 10.1. The van der Waals surface area contributed by atoms with E-state index in [0.717, 1.165) is 5.56 Å². The smallest absolute Gasteiger partial charge is 0.192 e. The molecule has 4 atom stereocenters. The SMILES string of the molecule is CC1(C)O[C@@H]2O[C@@H](CO[Si](C)(C)C(C)(C)C)[C@@H](OCc3ccccc3)[C@@H]2O1. The molecule has 5 nitrogen and oxygen atoms in total. The number of hydrogen-bond donors (Lipinski definition) is 0. The molecule has 0 radical (unpaired) electrons. The molecule has 2 saturated heterocycles. The summed E-state index contributed by atoms with van der Waals surface area (Å²) in [7, 11) is -1.87. The van der Waals surface area contributed by atoms with Crippen LogP contribution in [0.5, 0.6) is 0 Å². The van der Waals surface area contributed by atoms with Crippen molar-refractivity contribution in [2.24, 2.45) is 0 Å². The zero-order valence-corrected chi connectivity index (χ0v) is 18.7. The molecule has 0 aliphatic carbocycles. The summed E-state index contributed by atoms with van der Waals surface area (Å²) in [6.07, 6.45) is -1.07. The van der Waals surface area contributed by atoms with Crippen LogP contribution < -0.4 is 0 Å². The number of benzene rings is 1. The summed E-state index contributed by atoms with van der Waals surface area (Å²) in [6, 6.07) is 10.2. The third kappa shape index (κ3) is 4.81. The van der Waals surface area contributed by atoms with E-state index >= 15 is 0 Å². The topological polar surface area (TPSA) is 46.2 Å². The van der Waals surface area contributed by atoms with Crippen molar-refractivity contribution in [1.82, 2.24) is 0 Å². The highest BCUT2D eigenvalue weighted by Gasteiger charge is 2.55. The highest BCUT2D eigenvalue weighted by molar-refractivity contribution is 6.74. The molecule has 1 aromatic carbocycles. The lowest BCUT2D eigenvalue weighted by Crippen LogP contribution is -2.45. The summed E-state index contributed by atoms with van der Waals surface area (Å²) in [5.74, 6) is -0.658. The lowest BCUT2D eigenvalue weighted by Gasteiger charge is -2.37. The predicted octanol–water partition coefficient (Wildman–Crippen LogP) is 4.47. The summed E-state index contributed by atoms with van der Waals surface area (Å²) in [4.78, 5) is 0. The molecular weight excluding hydrogens is 360 g/mol. The highest BCUT2D eigenvalue weighted by Crippen LogP contribution is 2.41. The van der Waals surface area contributed by atoms with Crippen molar-refractivity contribution in [1.29, 1.82) is 0 Å². The van der Waals surface area contributed by atoms with E-state index in [1.54, 1.807) is 0 Å². The van der Waals surface area contributed by atoms with Crippen LogP contribution in [0, 0.1) is 0 Å². The lowest BCUT2D eigenvalue weighted by molar-refractivity contribution is -0.222. The van der Waals surface area contributed by atoms with Crippen molar-refractivity contribution < 1.29 is 23.4 Å². The van der Waals surface area contributed by atoms with Crippen LogP contribution in [0.4, 0.5) is 0 Å². The second-order valence-corrected chi connectivity index (χ2v) is 14.3. The Bertz CT molecular complexity index is 625. The van der Waals surface area contributed by atoms with Gasteiger partial charge in [0.1, 0.15) is 18.3 Å². The van der Waals surface area contributed by atoms with Gasteiger partial charge in [-0.1, -0.05) is 51.1 Å². The summed E-state index contributed by atoms with van der Waals surface area (Å²) >= 11 is 0. The number of ether oxygens (including phenoxy) is 4. The molecule has 0 spiro atoms. The minimum absolute atomic E-state index is 0.150. The molecule has 2 fully saturated rings. The summed E-state index contributed by atoms with van der Waals surface area (Å²) in [6.45, 7) is 16.0. The average Bonchev–Trinajstić information content (AvgIpc) is 3.02. The van der Waals surface area contributed by atoms with E-state index in [0.29, 0.717) is 13.2 Å². The Balaban J connectivity index is 1.68. The van der Waals surface area contributed by atoms with Gasteiger partial charge in [0, 0.05) is 0 Å². The minimum Gasteiger partial charge on any atom is -0.414 e. The first-order valence-electron chi connectivity index (χ1n) is 9.79. The molecule has 152 valence electrons. The predicted molar refractivity (Wildman–Crippen MR) is 107 cm³/mol. The zero-order valence-electron chi connectivity index (χ0n) is 17.7. The Hall–Kier alpha value is -0.763. The van der Waals surface area contributed by atoms with Gasteiger partial charge in [0.15, 0.2) is 20.4 Å². The normalized spacial score (nSPS) is 30.5. The maximum atomic E-state index is 6.40. The van der Waals surface area contributed by atoms with Crippen LogP contribution in [-0.2, 0) is 30.0 Å². The number of rotatable bonds is 6. The molecule has 6 heteroatoms. The summed E-state index contributed by atoms with van der Waals surface area (Å²) < 4.78 is 30.8. The van der Waals surface area contributed by atoms with Gasteiger partial charge < -0.3 is 23.4 Å². The quantitative estimate of drug-likeness (QED) is 0.666. The van der Waals surface area contributed by atoms with E-state index < -0.39 is 20.4 Å². The van der Waals surface area contributed by atoms with Crippen LogP contribution in [0.2, 0.25) is 18.1 Å². The maximum absolute atomic E-state index is 6.40. The van der Waals surface area contributed by atoms with Gasteiger partial charge in [-0.2, -0.15) is 0 Å². The molecular formula is C21H34O5Si. The van der Waals surface area contributed by atoms with Crippen molar-refractivity contribution >= 4 is 8.32 Å². The molecule has 0 aromatic heterocycles. The molecule has 3 rings (SSSR count). The van der Waals surface area contributed by atoms with E-state index in [1.165, 1.54) is 0 Å². The van der Waals surface area contributed by atoms with E-state index in [4.69, 9.17) is 23.4 Å². The Morgan fingerprint density at radius 1 is 1.07 bits per heavy atom. The standard InChI is InChI=1S/C21H34O5Si/c1-20(2,3)27(6,7)23-14-16-17(22-13-15-11-9-8-10-12-15)18-19(24-16)26-21(4,5)25-18/h8-12,16-19H,13-14H2,1-7H3/t16-,17+,18-,19-/m0/s1. The summed E-state index contributed by atoms with van der Waals surface area (Å²) in [5.41, 5.74) is 1.13. The Morgan fingerprint density at radius 3 is 2.37 bits per heavy atom. The maximum Gasteiger partial charge on any atom is 0.192 e. The van der Waals surface area contributed by atoms with Gasteiger partial charge >= 0.3 is 0 Å². The molecule has 0 unspecified atom stereocenters. The van der Waals surface area contributed by atoms with Gasteiger partial charge in [-0.25, -0.2) is 0 Å². The molecule has 2 aliphatic heterocycles.